The van der Waals surface area contributed by atoms with Gasteiger partial charge in [-0.25, -0.2) is 4.79 Å². The van der Waals surface area contributed by atoms with Gasteiger partial charge in [-0.15, -0.1) is 11.3 Å². The number of halogens is 2. The molecule has 0 spiro atoms. The maximum absolute atomic E-state index is 10.9. The molecule has 0 aliphatic heterocycles. The van der Waals surface area contributed by atoms with Crippen molar-refractivity contribution >= 4 is 40.5 Å². The number of carboxylic acid groups (broad SMARTS) is 1. The molecule has 4 nitrogen and oxygen atoms in total. The molecule has 0 atom stereocenters. The Labute approximate surface area is 107 Å². The van der Waals surface area contributed by atoms with E-state index in [-0.39, 0.29) is 26.6 Å². The van der Waals surface area contributed by atoms with E-state index in [0.29, 0.717) is 13.2 Å². The standard InChI is InChI=1S/C9H10Cl2O4S/c1-2-14-3-4-15-6-5(10)8(11)16-7(6)9(12)13/h2-4H2,1H3,(H,12,13). The molecule has 0 aliphatic carbocycles. The van der Waals surface area contributed by atoms with Crippen molar-refractivity contribution in [3.8, 4) is 5.75 Å². The van der Waals surface area contributed by atoms with Crippen molar-refractivity contribution in [3.63, 3.8) is 0 Å². The second-order valence-corrected chi connectivity index (χ2v) is 4.70. The molecule has 1 aromatic heterocycles. The zero-order valence-electron chi connectivity index (χ0n) is 8.46. The predicted octanol–water partition coefficient (Wildman–Crippen LogP) is 3.17. The molecule has 16 heavy (non-hydrogen) atoms. The summed E-state index contributed by atoms with van der Waals surface area (Å²) in [6.07, 6.45) is 0. The van der Waals surface area contributed by atoms with Crippen LogP contribution in [0.1, 0.15) is 16.6 Å². The third kappa shape index (κ3) is 3.25. The first-order valence-electron chi connectivity index (χ1n) is 4.49. The van der Waals surface area contributed by atoms with E-state index in [1.165, 1.54) is 0 Å². The van der Waals surface area contributed by atoms with E-state index < -0.39 is 5.97 Å². The lowest BCUT2D eigenvalue weighted by Gasteiger charge is -2.05. The van der Waals surface area contributed by atoms with E-state index in [0.717, 1.165) is 11.3 Å². The number of rotatable bonds is 6. The van der Waals surface area contributed by atoms with Gasteiger partial charge in [0.25, 0.3) is 0 Å². The number of aromatic carboxylic acids is 1. The summed E-state index contributed by atoms with van der Waals surface area (Å²) in [7, 11) is 0. The molecule has 0 bridgehead atoms. The zero-order chi connectivity index (χ0) is 12.1. The van der Waals surface area contributed by atoms with Gasteiger partial charge in [-0.1, -0.05) is 23.2 Å². The maximum atomic E-state index is 10.9. The van der Waals surface area contributed by atoms with E-state index in [1.54, 1.807) is 0 Å². The van der Waals surface area contributed by atoms with Crippen LogP contribution in [0, 0.1) is 0 Å². The van der Waals surface area contributed by atoms with Crippen molar-refractivity contribution < 1.29 is 19.4 Å². The zero-order valence-corrected chi connectivity index (χ0v) is 10.8. The van der Waals surface area contributed by atoms with Crippen molar-refractivity contribution in [1.29, 1.82) is 0 Å². The molecule has 0 saturated carbocycles. The van der Waals surface area contributed by atoms with Crippen molar-refractivity contribution in [2.24, 2.45) is 0 Å². The van der Waals surface area contributed by atoms with E-state index >= 15 is 0 Å². The highest BCUT2D eigenvalue weighted by Gasteiger charge is 2.22. The van der Waals surface area contributed by atoms with Crippen LogP contribution < -0.4 is 4.74 Å². The number of ether oxygens (including phenoxy) is 2. The predicted molar refractivity (Wildman–Crippen MR) is 63.3 cm³/mol. The van der Waals surface area contributed by atoms with Crippen molar-refractivity contribution in [3.05, 3.63) is 14.2 Å². The fourth-order valence-corrected chi connectivity index (χ4v) is 2.33. The summed E-state index contributed by atoms with van der Waals surface area (Å²) in [4.78, 5) is 10.9. The molecule has 0 aromatic carbocycles. The lowest BCUT2D eigenvalue weighted by molar-refractivity contribution is 0.0693. The van der Waals surface area contributed by atoms with Crippen molar-refractivity contribution in [2.75, 3.05) is 19.8 Å². The molecule has 0 fully saturated rings. The smallest absolute Gasteiger partial charge is 0.349 e. The highest BCUT2D eigenvalue weighted by atomic mass is 35.5. The maximum Gasteiger partial charge on any atom is 0.349 e. The average molecular weight is 285 g/mol. The summed E-state index contributed by atoms with van der Waals surface area (Å²) in [6, 6.07) is 0. The SMILES string of the molecule is CCOCCOc1c(C(=O)O)sc(Cl)c1Cl. The van der Waals surface area contributed by atoms with Crippen LogP contribution in [0.15, 0.2) is 0 Å². The summed E-state index contributed by atoms with van der Waals surface area (Å²) < 4.78 is 10.5. The molecule has 0 saturated heterocycles. The molecule has 1 heterocycles. The van der Waals surface area contributed by atoms with Crippen molar-refractivity contribution in [2.45, 2.75) is 6.92 Å². The Hall–Kier alpha value is -0.490. The number of carbonyl (C=O) groups is 1. The van der Waals surface area contributed by atoms with Crippen LogP contribution in [0.4, 0.5) is 0 Å². The van der Waals surface area contributed by atoms with Crippen LogP contribution in [-0.4, -0.2) is 30.9 Å². The second kappa shape index (κ2) is 6.30. The number of hydrogen-bond donors (Lipinski definition) is 1. The van der Waals surface area contributed by atoms with Gasteiger partial charge in [0.1, 0.15) is 16.0 Å². The van der Waals surface area contributed by atoms with Gasteiger partial charge in [-0.2, -0.15) is 0 Å². The third-order valence-electron chi connectivity index (χ3n) is 1.64. The first-order valence-corrected chi connectivity index (χ1v) is 6.06. The van der Waals surface area contributed by atoms with Gasteiger partial charge in [0.05, 0.1) is 6.61 Å². The quantitative estimate of drug-likeness (QED) is 0.816. The third-order valence-corrected chi connectivity index (χ3v) is 3.58. The van der Waals surface area contributed by atoms with Gasteiger partial charge in [0.2, 0.25) is 0 Å². The fourth-order valence-electron chi connectivity index (χ4n) is 0.986. The number of carboxylic acids is 1. The Balaban J connectivity index is 2.73. The van der Waals surface area contributed by atoms with Gasteiger partial charge < -0.3 is 14.6 Å². The number of thiophene rings is 1. The normalized spacial score (nSPS) is 10.4. The Morgan fingerprint density at radius 1 is 1.44 bits per heavy atom. The molecule has 0 radical (unpaired) electrons. The first kappa shape index (κ1) is 13.6. The van der Waals surface area contributed by atoms with E-state index in [2.05, 4.69) is 0 Å². The summed E-state index contributed by atoms with van der Waals surface area (Å²) in [5, 5.41) is 9.03. The van der Waals surface area contributed by atoms with Crippen LogP contribution in [0.3, 0.4) is 0 Å². The van der Waals surface area contributed by atoms with Crippen LogP contribution in [0.25, 0.3) is 0 Å². The van der Waals surface area contributed by atoms with Crippen LogP contribution in [0.2, 0.25) is 9.36 Å². The Bertz CT molecular complexity index is 378. The summed E-state index contributed by atoms with van der Waals surface area (Å²) >= 11 is 12.4. The topological polar surface area (TPSA) is 55.8 Å². The largest absolute Gasteiger partial charge is 0.488 e. The Morgan fingerprint density at radius 3 is 2.69 bits per heavy atom. The second-order valence-electron chi connectivity index (χ2n) is 2.70. The fraction of sp³-hybridized carbons (Fsp3) is 0.444. The van der Waals surface area contributed by atoms with Gasteiger partial charge >= 0.3 is 5.97 Å². The van der Waals surface area contributed by atoms with E-state index in [1.807, 2.05) is 6.92 Å². The molecule has 0 aliphatic rings. The minimum atomic E-state index is -1.11. The minimum Gasteiger partial charge on any atom is -0.488 e. The van der Waals surface area contributed by atoms with E-state index in [9.17, 15) is 4.79 Å². The lowest BCUT2D eigenvalue weighted by Crippen LogP contribution is -2.08. The van der Waals surface area contributed by atoms with Gasteiger partial charge in [0, 0.05) is 6.61 Å². The van der Waals surface area contributed by atoms with Crippen molar-refractivity contribution in [1.82, 2.24) is 0 Å². The monoisotopic (exact) mass is 284 g/mol. The lowest BCUT2D eigenvalue weighted by atomic mass is 10.4. The molecule has 1 N–H and O–H groups in total. The molecule has 0 unspecified atom stereocenters. The summed E-state index contributed by atoms with van der Waals surface area (Å²) in [6.45, 7) is 3.05. The summed E-state index contributed by atoms with van der Waals surface area (Å²) in [5.41, 5.74) is 0. The first-order chi connectivity index (χ1) is 7.57. The van der Waals surface area contributed by atoms with Crippen LogP contribution in [-0.2, 0) is 4.74 Å². The highest BCUT2D eigenvalue weighted by Crippen LogP contribution is 2.42. The Kier molecular flexibility index (Phi) is 5.34. The molecule has 1 rings (SSSR count). The molecular weight excluding hydrogens is 275 g/mol. The number of hydrogen-bond acceptors (Lipinski definition) is 4. The molecule has 90 valence electrons. The summed E-state index contributed by atoms with van der Waals surface area (Å²) in [5.74, 6) is -0.992. The van der Waals surface area contributed by atoms with Crippen LogP contribution >= 0.6 is 34.5 Å². The molecular formula is C9H10Cl2O4S. The van der Waals surface area contributed by atoms with Gasteiger partial charge in [0.15, 0.2) is 10.6 Å². The van der Waals surface area contributed by atoms with Gasteiger partial charge in [-0.05, 0) is 6.92 Å². The molecule has 0 amide bonds. The highest BCUT2D eigenvalue weighted by molar-refractivity contribution is 7.19. The molecule has 1 aromatic rings. The minimum absolute atomic E-state index is 0.00602. The molecule has 7 heteroatoms. The van der Waals surface area contributed by atoms with E-state index in [4.69, 9.17) is 37.8 Å². The average Bonchev–Trinajstić information content (AvgIpc) is 2.52. The van der Waals surface area contributed by atoms with Gasteiger partial charge in [-0.3, -0.25) is 0 Å². The Morgan fingerprint density at radius 2 is 2.12 bits per heavy atom. The van der Waals surface area contributed by atoms with Crippen LogP contribution in [0.5, 0.6) is 5.75 Å².